The molecule has 1 aliphatic heterocycles. The van der Waals surface area contributed by atoms with Gasteiger partial charge in [-0.25, -0.2) is 0 Å². The molecule has 12 aromatic carbocycles. The van der Waals surface area contributed by atoms with Gasteiger partial charge in [-0.05, 0) is 363 Å². The lowest BCUT2D eigenvalue weighted by Crippen LogP contribution is -2.62. The third-order valence-electron chi connectivity index (χ3n) is 31.6. The van der Waals surface area contributed by atoms with E-state index in [0.29, 0.717) is 118 Å². The number of hydrogen-bond acceptors (Lipinski definition) is 1. The van der Waals surface area contributed by atoms with Crippen molar-refractivity contribution in [2.75, 3.05) is 0 Å². The minimum atomic E-state index is -0.0102. The first-order valence-electron chi connectivity index (χ1n) is 29.7. The van der Waals surface area contributed by atoms with Gasteiger partial charge in [-0.15, -0.1) is 11.8 Å². The first kappa shape index (κ1) is 29.3. The lowest BCUT2D eigenvalue weighted by molar-refractivity contribution is 0.0339. The molecule has 0 nitrogen and oxygen atoms in total. The molecule has 0 amide bonds. The van der Waals surface area contributed by atoms with Crippen LogP contribution in [0.15, 0.2) is 29.2 Å². The van der Waals surface area contributed by atoms with E-state index in [1.165, 1.54) is 10.9 Å². The minimum absolute atomic E-state index is 0.0102. The minimum Gasteiger partial charge on any atom is -0.112 e. The van der Waals surface area contributed by atoms with Gasteiger partial charge in [0.1, 0.15) is 0 Å². The molecule has 23 aliphatic rings. The van der Waals surface area contributed by atoms with Gasteiger partial charge in [-0.1, -0.05) is 29.8 Å². The van der Waals surface area contributed by atoms with Crippen LogP contribution < -0.4 is 0 Å². The first-order valence-corrected chi connectivity index (χ1v) is 30.5. The predicted octanol–water partition coefficient (Wildman–Crippen LogP) is 16.3. The lowest BCUT2D eigenvalue weighted by Gasteiger charge is -2.65. The molecule has 12 aromatic rings. The summed E-state index contributed by atoms with van der Waals surface area (Å²) < 4.78 is 0.0206. The van der Waals surface area contributed by atoms with E-state index in [1.807, 2.05) is 203 Å². The van der Waals surface area contributed by atoms with Crippen molar-refractivity contribution in [1.29, 1.82) is 0 Å². The molecule has 0 bridgehead atoms. The largest absolute Gasteiger partial charge is 0.112 e. The van der Waals surface area contributed by atoms with E-state index in [2.05, 4.69) is 61.0 Å². The van der Waals surface area contributed by atoms with Crippen molar-refractivity contribution in [1.82, 2.24) is 0 Å². The standard InChI is InChI=1S/C72H30S/c1-7-3-4-10-9(5-7)6-8(2)65-70(10)73-72-68-61-55-45-33-25-17-13-11-12-15-19(17)27(33)37-31-23(15)24-16(12)20-18-14(11)22-21(13)29-35(25)43-49-39(29)40-30(22)36-26(18)34-28(20)38-32(24)42-41(31)53(47(37)55)63(68)64-54(42)48(38)56-46(34)52-44(36)50(40)58-57(49)66(59(61)51(43)45)71(65,72)67(58)60(52)62(56)69(64)72/h3-6,13,15,17,19,21,23,29,31,39-42,50,54,58,60,62,64,67,69H,1-2H3. The van der Waals surface area contributed by atoms with Crippen molar-refractivity contribution in [3.8, 4) is 11.1 Å². The summed E-state index contributed by atoms with van der Waals surface area (Å²) in [5.74, 6) is 13.1. The second-order valence-corrected chi connectivity index (χ2v) is 32.0. The highest BCUT2D eigenvalue weighted by molar-refractivity contribution is 8.01. The average molecular weight is 927 g/mol. The summed E-state index contributed by atoms with van der Waals surface area (Å²) in [7, 11) is 0. The molecule has 1 heteroatoms. The third-order valence-corrected chi connectivity index (χ3v) is 33.4. The van der Waals surface area contributed by atoms with Crippen molar-refractivity contribution in [2.45, 2.75) is 135 Å². The second kappa shape index (κ2) is 6.79. The van der Waals surface area contributed by atoms with E-state index in [-0.39, 0.29) is 10.2 Å². The van der Waals surface area contributed by atoms with Crippen LogP contribution in [0.25, 0.3) is 108 Å². The number of hydrogen-bond donors (Lipinski definition) is 0. The summed E-state index contributed by atoms with van der Waals surface area (Å²) in [6, 6.07) is 10.5. The number of thioether (sulfide) groups is 1. The quantitative estimate of drug-likeness (QED) is 0.137. The van der Waals surface area contributed by atoms with Gasteiger partial charge < -0.3 is 0 Å². The first-order chi connectivity index (χ1) is 36.2. The average Bonchev–Trinajstić information content (AvgIpc) is 4.30. The van der Waals surface area contributed by atoms with Crippen LogP contribution in [-0.2, 0) is 10.2 Å². The van der Waals surface area contributed by atoms with Crippen LogP contribution in [0.2, 0.25) is 0 Å². The number of rotatable bonds is 0. The molecule has 1 heterocycles. The molecule has 0 N–H and O–H groups in total. The van der Waals surface area contributed by atoms with Crippen molar-refractivity contribution in [2.24, 2.45) is 11.8 Å². The molecule has 22 unspecified atom stereocenters. The lowest BCUT2D eigenvalue weighted by atomic mass is 9.39. The molecule has 22 atom stereocenters. The fraction of sp³-hybridized carbons (Fsp3) is 0.333. The Morgan fingerprint density at radius 2 is 0.658 bits per heavy atom. The number of fused-ring (bicyclic) bond motifs is 3. The molecule has 1 saturated carbocycles. The van der Waals surface area contributed by atoms with Crippen LogP contribution in [0.3, 0.4) is 0 Å². The molecule has 22 aliphatic carbocycles. The zero-order chi connectivity index (χ0) is 43.5. The summed E-state index contributed by atoms with van der Waals surface area (Å²) in [5, 5.41) is 33.8. The zero-order valence-corrected chi connectivity index (χ0v) is 40.1. The van der Waals surface area contributed by atoms with Crippen molar-refractivity contribution in [3.63, 3.8) is 0 Å². The van der Waals surface area contributed by atoms with Gasteiger partial charge in [-0.2, -0.15) is 0 Å². The molecule has 73 heavy (non-hydrogen) atoms. The second-order valence-electron chi connectivity index (χ2n) is 30.7. The maximum absolute atomic E-state index is 2.77. The Balaban J connectivity index is 0.997. The Kier molecular flexibility index (Phi) is 2.72. The Morgan fingerprint density at radius 3 is 1.14 bits per heavy atom. The SMILES string of the molecule is Cc1ccc2c3c(c(C)cc2c1)C12c4c5c6c7c8c9c%10c%11c%12c%13c%14c%15c(c%16c%13c%10c7c4-%16)C1(S3)C1C%15C3c4c7c%10c%13c%15c%16c%17c%18c%19c%20c%21c%22c%23c(c4c4c%22c%19c%16c%104)C3C%14C%12C%23C%21C%11C9C%20C%18C8C6C%17C%15C5C2C%13C71. The summed E-state index contributed by atoms with van der Waals surface area (Å²) >= 11 is 2.61. The molecule has 2 spiro atoms. The normalized spacial score (nSPS) is 46.5. The highest BCUT2D eigenvalue weighted by atomic mass is 32.2. The fourth-order valence-corrected chi connectivity index (χ4v) is 35.3. The van der Waals surface area contributed by atoms with E-state index in [0.717, 1.165) is 0 Å². The van der Waals surface area contributed by atoms with Crippen LogP contribution in [-0.4, -0.2) is 0 Å². The van der Waals surface area contributed by atoms with E-state index in [4.69, 9.17) is 0 Å². The molecular formula is C72H30S. The summed E-state index contributed by atoms with van der Waals surface area (Å²) in [5.41, 5.74) is 49.5. The van der Waals surface area contributed by atoms with Gasteiger partial charge in [0.2, 0.25) is 0 Å². The molecule has 0 saturated heterocycles. The smallest absolute Gasteiger partial charge is 0.0645 e. The van der Waals surface area contributed by atoms with Crippen LogP contribution in [0, 0.1) is 25.7 Å². The molecule has 324 valence electrons. The highest BCUT2D eigenvalue weighted by Gasteiger charge is 2.90. The zero-order valence-electron chi connectivity index (χ0n) is 39.3. The number of aryl methyl sites for hydroxylation is 2. The Hall–Kier alpha value is -5.89. The molecule has 0 radical (unpaired) electrons. The van der Waals surface area contributed by atoms with Gasteiger partial charge in [0.05, 0.1) is 4.75 Å². The number of benzene rings is 11. The Labute approximate surface area is 416 Å². The summed E-state index contributed by atoms with van der Waals surface area (Å²) in [4.78, 5) is 1.76. The van der Waals surface area contributed by atoms with E-state index < -0.39 is 0 Å². The predicted molar refractivity (Wildman–Crippen MR) is 284 cm³/mol. The maximum atomic E-state index is 2.77. The van der Waals surface area contributed by atoms with E-state index in [1.54, 1.807) is 15.8 Å². The Bertz CT molecular complexity index is 5860. The molecular weight excluding hydrogens is 897 g/mol. The van der Waals surface area contributed by atoms with Crippen LogP contribution in [0.1, 0.15) is 234 Å². The van der Waals surface area contributed by atoms with Crippen molar-refractivity contribution in [3.05, 3.63) is 152 Å². The Morgan fingerprint density at radius 1 is 0.315 bits per heavy atom. The summed E-state index contributed by atoms with van der Waals surface area (Å²) in [6.45, 7) is 5.03. The van der Waals surface area contributed by atoms with Gasteiger partial charge in [0.25, 0.3) is 0 Å². The molecule has 0 aromatic heterocycles. The third kappa shape index (κ3) is 1.64. The monoisotopic (exact) mass is 926 g/mol. The maximum Gasteiger partial charge on any atom is 0.0645 e. The van der Waals surface area contributed by atoms with Gasteiger partial charge >= 0.3 is 0 Å². The van der Waals surface area contributed by atoms with Gasteiger partial charge in [0, 0.05) is 10.3 Å². The highest BCUT2D eigenvalue weighted by Crippen LogP contribution is 3.01. The van der Waals surface area contributed by atoms with Crippen molar-refractivity contribution >= 4 is 109 Å². The van der Waals surface area contributed by atoms with Crippen molar-refractivity contribution < 1.29 is 0 Å². The van der Waals surface area contributed by atoms with E-state index >= 15 is 0 Å². The van der Waals surface area contributed by atoms with Crippen LogP contribution in [0.4, 0.5) is 0 Å². The van der Waals surface area contributed by atoms with Crippen LogP contribution in [0.5, 0.6) is 0 Å². The fourth-order valence-electron chi connectivity index (χ4n) is 33.1. The summed E-state index contributed by atoms with van der Waals surface area (Å²) in [6.07, 6.45) is 0. The molecule has 35 rings (SSSR count). The topological polar surface area (TPSA) is 0 Å². The molecule has 1 fully saturated rings. The van der Waals surface area contributed by atoms with Gasteiger partial charge in [-0.3, -0.25) is 0 Å². The van der Waals surface area contributed by atoms with Gasteiger partial charge in [0.15, 0.2) is 0 Å². The van der Waals surface area contributed by atoms with Crippen LogP contribution >= 0.6 is 11.8 Å². The van der Waals surface area contributed by atoms with E-state index in [9.17, 15) is 0 Å².